The molecule has 27 heavy (non-hydrogen) atoms. The number of para-hydroxylation sites is 1. The van der Waals surface area contributed by atoms with E-state index in [-0.39, 0.29) is 11.6 Å². The number of benzene rings is 1. The second kappa shape index (κ2) is 7.24. The number of amides is 2. The largest absolute Gasteiger partial charge is 0.446 e. The third kappa shape index (κ3) is 3.43. The number of oxazole rings is 1. The number of piperazine rings is 1. The normalized spacial score (nSPS) is 15.9. The van der Waals surface area contributed by atoms with Crippen molar-refractivity contribution in [2.24, 2.45) is 5.73 Å². The molecule has 1 unspecified atom stereocenters. The van der Waals surface area contributed by atoms with Crippen LogP contribution in [0.1, 0.15) is 28.0 Å². The van der Waals surface area contributed by atoms with Crippen molar-refractivity contribution < 1.29 is 14.0 Å². The minimum Gasteiger partial charge on any atom is -0.446 e. The van der Waals surface area contributed by atoms with Gasteiger partial charge >= 0.3 is 0 Å². The van der Waals surface area contributed by atoms with Gasteiger partial charge in [0.2, 0.25) is 12.3 Å². The van der Waals surface area contributed by atoms with Crippen molar-refractivity contribution >= 4 is 23.2 Å². The quantitative estimate of drug-likeness (QED) is 0.661. The number of nitrogens with two attached hydrogens (primary N) is 1. The molecule has 3 heterocycles. The zero-order valence-corrected chi connectivity index (χ0v) is 14.8. The van der Waals surface area contributed by atoms with Crippen LogP contribution in [0.15, 0.2) is 41.1 Å². The molecule has 1 aromatic carbocycles. The van der Waals surface area contributed by atoms with Crippen molar-refractivity contribution in [2.75, 3.05) is 26.2 Å². The second-order valence-corrected chi connectivity index (χ2v) is 6.67. The highest BCUT2D eigenvalue weighted by molar-refractivity contribution is 5.92. The Kier molecular flexibility index (Phi) is 4.64. The number of rotatable bonds is 5. The predicted octanol–water partition coefficient (Wildman–Crippen LogP) is 1.31. The van der Waals surface area contributed by atoms with E-state index < -0.39 is 6.04 Å². The lowest BCUT2D eigenvalue weighted by Crippen LogP contribution is -2.48. The van der Waals surface area contributed by atoms with Crippen molar-refractivity contribution in [1.82, 2.24) is 19.8 Å². The Morgan fingerprint density at radius 1 is 1.30 bits per heavy atom. The molecule has 0 aliphatic carbocycles. The maximum atomic E-state index is 12.6. The van der Waals surface area contributed by atoms with Crippen LogP contribution in [0.2, 0.25) is 0 Å². The Hall–Kier alpha value is -3.13. The van der Waals surface area contributed by atoms with Crippen LogP contribution in [0.3, 0.4) is 0 Å². The van der Waals surface area contributed by atoms with Gasteiger partial charge in [0, 0.05) is 43.3 Å². The number of fused-ring (bicyclic) bond motifs is 1. The molecule has 0 spiro atoms. The van der Waals surface area contributed by atoms with Crippen LogP contribution in [0, 0.1) is 0 Å². The van der Waals surface area contributed by atoms with E-state index in [1.807, 2.05) is 30.5 Å². The number of nitrogens with one attached hydrogen (secondary N) is 1. The molecule has 140 valence electrons. The van der Waals surface area contributed by atoms with Gasteiger partial charge in [0.05, 0.1) is 6.04 Å². The number of nitrogens with zero attached hydrogens (tertiary/aromatic N) is 3. The van der Waals surface area contributed by atoms with E-state index in [1.54, 1.807) is 9.80 Å². The van der Waals surface area contributed by atoms with Crippen molar-refractivity contribution in [2.45, 2.75) is 12.5 Å². The van der Waals surface area contributed by atoms with Gasteiger partial charge in [-0.05, 0) is 18.1 Å². The van der Waals surface area contributed by atoms with Crippen LogP contribution in [-0.4, -0.2) is 58.3 Å². The lowest BCUT2D eigenvalue weighted by molar-refractivity contribution is -0.119. The molecule has 3 N–H and O–H groups in total. The van der Waals surface area contributed by atoms with Gasteiger partial charge in [0.15, 0.2) is 5.69 Å². The summed E-state index contributed by atoms with van der Waals surface area (Å²) < 4.78 is 5.48. The first-order chi connectivity index (χ1) is 13.2. The van der Waals surface area contributed by atoms with Crippen LogP contribution < -0.4 is 5.73 Å². The second-order valence-electron chi connectivity index (χ2n) is 6.67. The summed E-state index contributed by atoms with van der Waals surface area (Å²) in [6.07, 6.45) is 4.65. The van der Waals surface area contributed by atoms with Gasteiger partial charge in [0.25, 0.3) is 5.91 Å². The van der Waals surface area contributed by atoms with E-state index in [0.29, 0.717) is 38.5 Å². The number of hydrogen-bond donors (Lipinski definition) is 2. The molecular weight excluding hydrogens is 346 g/mol. The molecule has 3 aromatic rings. The van der Waals surface area contributed by atoms with Gasteiger partial charge < -0.3 is 24.9 Å². The number of aromatic amines is 1. The van der Waals surface area contributed by atoms with Crippen LogP contribution in [-0.2, 0) is 11.2 Å². The number of carbonyl (C=O) groups is 2. The van der Waals surface area contributed by atoms with E-state index in [9.17, 15) is 9.59 Å². The van der Waals surface area contributed by atoms with Crippen molar-refractivity contribution in [1.29, 1.82) is 0 Å². The Balaban J connectivity index is 1.44. The predicted molar refractivity (Wildman–Crippen MR) is 99.0 cm³/mol. The molecule has 1 aliphatic rings. The molecule has 1 atom stereocenters. The summed E-state index contributed by atoms with van der Waals surface area (Å²) in [5.41, 5.74) is 8.64. The van der Waals surface area contributed by atoms with Gasteiger partial charge in [0.1, 0.15) is 6.26 Å². The Morgan fingerprint density at radius 3 is 2.85 bits per heavy atom. The minimum atomic E-state index is -0.447. The lowest BCUT2D eigenvalue weighted by atomic mass is 10.1. The van der Waals surface area contributed by atoms with Gasteiger partial charge in [-0.15, -0.1) is 0 Å². The van der Waals surface area contributed by atoms with Crippen LogP contribution in [0.25, 0.3) is 10.9 Å². The molecule has 8 nitrogen and oxygen atoms in total. The summed E-state index contributed by atoms with van der Waals surface area (Å²) >= 11 is 0. The number of H-pyrrole nitrogens is 1. The number of aromatic nitrogens is 2. The van der Waals surface area contributed by atoms with Crippen molar-refractivity contribution in [3.8, 4) is 0 Å². The SMILES string of the molecule is NC(Cc1c[nH]c2ccccc12)c1nc(C(=O)N2CCN(C=O)CC2)co1. The monoisotopic (exact) mass is 367 g/mol. The van der Waals surface area contributed by atoms with Gasteiger partial charge in [-0.25, -0.2) is 4.98 Å². The first kappa shape index (κ1) is 17.3. The summed E-state index contributed by atoms with van der Waals surface area (Å²) in [6.45, 7) is 2.03. The fraction of sp³-hybridized carbons (Fsp3) is 0.316. The van der Waals surface area contributed by atoms with E-state index >= 15 is 0 Å². The molecule has 2 aromatic heterocycles. The summed E-state index contributed by atoms with van der Waals surface area (Å²) in [7, 11) is 0. The zero-order chi connectivity index (χ0) is 18.8. The lowest BCUT2D eigenvalue weighted by Gasteiger charge is -2.31. The maximum absolute atomic E-state index is 12.6. The van der Waals surface area contributed by atoms with Crippen molar-refractivity contribution in [3.05, 3.63) is 53.9 Å². The maximum Gasteiger partial charge on any atom is 0.275 e. The smallest absolute Gasteiger partial charge is 0.275 e. The third-order valence-electron chi connectivity index (χ3n) is 4.92. The molecule has 8 heteroatoms. The fourth-order valence-electron chi connectivity index (χ4n) is 3.37. The molecule has 1 saturated heterocycles. The van der Waals surface area contributed by atoms with Gasteiger partial charge in [-0.1, -0.05) is 18.2 Å². The van der Waals surface area contributed by atoms with Crippen LogP contribution in [0.5, 0.6) is 0 Å². The van der Waals surface area contributed by atoms with Crippen molar-refractivity contribution in [3.63, 3.8) is 0 Å². The van der Waals surface area contributed by atoms with Crippen LogP contribution in [0.4, 0.5) is 0 Å². The topological polar surface area (TPSA) is 108 Å². The molecule has 1 fully saturated rings. The third-order valence-corrected chi connectivity index (χ3v) is 4.92. The number of carbonyl (C=O) groups excluding carboxylic acids is 2. The van der Waals surface area contributed by atoms with E-state index in [0.717, 1.165) is 22.9 Å². The van der Waals surface area contributed by atoms with E-state index in [4.69, 9.17) is 10.2 Å². The summed E-state index contributed by atoms with van der Waals surface area (Å²) in [5, 5.41) is 1.11. The summed E-state index contributed by atoms with van der Waals surface area (Å²) in [5.74, 6) is 0.144. The minimum absolute atomic E-state index is 0.199. The molecule has 0 saturated carbocycles. The Bertz CT molecular complexity index is 955. The molecule has 4 rings (SSSR count). The summed E-state index contributed by atoms with van der Waals surface area (Å²) in [4.78, 5) is 34.2. The molecule has 0 bridgehead atoms. The average Bonchev–Trinajstić information content (AvgIpc) is 3.35. The average molecular weight is 367 g/mol. The first-order valence-corrected chi connectivity index (χ1v) is 8.90. The van der Waals surface area contributed by atoms with Crippen LogP contribution >= 0.6 is 0 Å². The number of hydrogen-bond acceptors (Lipinski definition) is 5. The molecule has 0 radical (unpaired) electrons. The molecular formula is C19H21N5O3. The highest BCUT2D eigenvalue weighted by atomic mass is 16.3. The highest BCUT2D eigenvalue weighted by Crippen LogP contribution is 2.23. The van der Waals surface area contributed by atoms with E-state index in [2.05, 4.69) is 9.97 Å². The van der Waals surface area contributed by atoms with E-state index in [1.165, 1.54) is 6.26 Å². The zero-order valence-electron chi connectivity index (χ0n) is 14.8. The molecule has 1 aliphatic heterocycles. The Morgan fingerprint density at radius 2 is 2.07 bits per heavy atom. The fourth-order valence-corrected chi connectivity index (χ4v) is 3.37. The standard InChI is InChI=1S/C19H21N5O3/c20-15(9-13-10-21-16-4-2-1-3-14(13)16)18-22-17(11-27-18)19(26)24-7-5-23(12-25)6-8-24/h1-4,10-12,15,21H,5-9,20H2. The Labute approximate surface area is 155 Å². The first-order valence-electron chi connectivity index (χ1n) is 8.90. The molecule has 2 amide bonds. The highest BCUT2D eigenvalue weighted by Gasteiger charge is 2.25. The van der Waals surface area contributed by atoms with Gasteiger partial charge in [-0.3, -0.25) is 9.59 Å². The summed E-state index contributed by atoms with van der Waals surface area (Å²) in [6, 6.07) is 7.56. The van der Waals surface area contributed by atoms with Gasteiger partial charge in [-0.2, -0.15) is 0 Å².